The van der Waals surface area contributed by atoms with E-state index in [0.717, 1.165) is 17.1 Å². The molecule has 1 N–H and O–H groups in total. The minimum atomic E-state index is -0.313. The van der Waals surface area contributed by atoms with Crippen LogP contribution < -0.4 is 10.2 Å². The average molecular weight is 429 g/mol. The molecule has 1 saturated heterocycles. The van der Waals surface area contributed by atoms with E-state index in [4.69, 9.17) is 12.2 Å². The molecule has 0 bridgehead atoms. The number of aryl methyl sites for hydroxylation is 1. The second kappa shape index (κ2) is 7.96. The maximum Gasteiger partial charge on any atom is 0.174 e. The van der Waals surface area contributed by atoms with Gasteiger partial charge in [-0.2, -0.15) is 0 Å². The quantitative estimate of drug-likeness (QED) is 0.435. The summed E-state index contributed by atoms with van der Waals surface area (Å²) in [5.41, 5.74) is 4.53. The lowest BCUT2D eigenvalue weighted by molar-refractivity contribution is 0.542. The first-order chi connectivity index (χ1) is 15.1. The molecular formula is C25H21FN4S. The van der Waals surface area contributed by atoms with E-state index in [1.165, 1.54) is 11.6 Å². The van der Waals surface area contributed by atoms with Crippen LogP contribution in [0.2, 0.25) is 0 Å². The standard InChI is InChI=1S/C25H21FN4S/c1-17-11-13-18(14-12-17)29-16-6-10-22(29)24-23(20-8-4-5-15-27-20)28-25(31)30(24)21-9-3-2-7-19(21)26/h2-16,23-24H,1H3,(H,28,31)/t23-,24+/m1/s1. The number of nitrogens with one attached hydrogen (secondary N) is 1. The lowest BCUT2D eigenvalue weighted by atomic mass is 10.0. The van der Waals surface area contributed by atoms with Gasteiger partial charge >= 0.3 is 0 Å². The zero-order valence-corrected chi connectivity index (χ0v) is 17.8. The molecule has 6 heteroatoms. The molecule has 0 unspecified atom stereocenters. The second-order valence-electron chi connectivity index (χ2n) is 7.59. The third-order valence-corrected chi connectivity index (χ3v) is 5.92. The summed E-state index contributed by atoms with van der Waals surface area (Å²) in [6, 6.07) is 24.4. The van der Waals surface area contributed by atoms with Gasteiger partial charge in [0.25, 0.3) is 0 Å². The van der Waals surface area contributed by atoms with Crippen molar-refractivity contribution in [1.82, 2.24) is 14.9 Å². The summed E-state index contributed by atoms with van der Waals surface area (Å²) in [5.74, 6) is -0.313. The van der Waals surface area contributed by atoms with E-state index in [2.05, 4.69) is 52.1 Å². The largest absolute Gasteiger partial charge is 0.351 e. The number of rotatable bonds is 4. The van der Waals surface area contributed by atoms with Crippen molar-refractivity contribution in [2.75, 3.05) is 4.90 Å². The van der Waals surface area contributed by atoms with Gasteiger partial charge in [-0.1, -0.05) is 35.9 Å². The molecule has 2 aromatic carbocycles. The van der Waals surface area contributed by atoms with Gasteiger partial charge < -0.3 is 14.8 Å². The smallest absolute Gasteiger partial charge is 0.174 e. The van der Waals surface area contributed by atoms with Gasteiger partial charge in [-0.05, 0) is 67.7 Å². The molecule has 0 saturated carbocycles. The fourth-order valence-electron chi connectivity index (χ4n) is 4.14. The van der Waals surface area contributed by atoms with Gasteiger partial charge in [0.2, 0.25) is 0 Å². The summed E-state index contributed by atoms with van der Waals surface area (Å²) in [6.07, 6.45) is 3.79. The van der Waals surface area contributed by atoms with E-state index < -0.39 is 0 Å². The van der Waals surface area contributed by atoms with Crippen LogP contribution in [0.15, 0.2) is 91.3 Å². The molecular weight excluding hydrogens is 407 g/mol. The van der Waals surface area contributed by atoms with Crippen LogP contribution in [0.25, 0.3) is 5.69 Å². The number of benzene rings is 2. The highest BCUT2D eigenvalue weighted by Gasteiger charge is 2.42. The summed E-state index contributed by atoms with van der Waals surface area (Å²) >= 11 is 5.70. The zero-order valence-electron chi connectivity index (χ0n) is 16.9. The predicted octanol–water partition coefficient (Wildman–Crippen LogP) is 5.50. The third kappa shape index (κ3) is 3.49. The monoisotopic (exact) mass is 428 g/mol. The molecule has 0 radical (unpaired) electrons. The zero-order chi connectivity index (χ0) is 21.4. The van der Waals surface area contributed by atoms with Crippen molar-refractivity contribution in [3.8, 4) is 5.69 Å². The van der Waals surface area contributed by atoms with E-state index in [1.807, 2.05) is 41.4 Å². The van der Waals surface area contributed by atoms with Crippen LogP contribution in [0, 0.1) is 12.7 Å². The van der Waals surface area contributed by atoms with Crippen molar-refractivity contribution < 1.29 is 4.39 Å². The van der Waals surface area contributed by atoms with Crippen LogP contribution in [0.5, 0.6) is 0 Å². The SMILES string of the molecule is Cc1ccc(-n2cccc2[C@H]2[C@@H](c3ccccn3)NC(=S)N2c2ccccc2F)cc1. The maximum atomic E-state index is 14.9. The van der Waals surface area contributed by atoms with Crippen LogP contribution in [-0.2, 0) is 0 Å². The first-order valence-electron chi connectivity index (χ1n) is 10.1. The van der Waals surface area contributed by atoms with E-state index >= 15 is 0 Å². The first kappa shape index (κ1) is 19.5. The molecule has 154 valence electrons. The molecule has 1 aliphatic heterocycles. The molecule has 0 amide bonds. The maximum absolute atomic E-state index is 14.9. The lowest BCUT2D eigenvalue weighted by Gasteiger charge is -2.29. The number of pyridine rings is 1. The Morgan fingerprint density at radius 3 is 2.45 bits per heavy atom. The number of aromatic nitrogens is 2. The molecule has 4 aromatic rings. The Kier molecular flexibility index (Phi) is 5.00. The number of hydrogen-bond donors (Lipinski definition) is 1. The van der Waals surface area contributed by atoms with Crippen molar-refractivity contribution in [1.29, 1.82) is 0 Å². The van der Waals surface area contributed by atoms with Gasteiger partial charge in [-0.15, -0.1) is 0 Å². The van der Waals surface area contributed by atoms with Gasteiger partial charge in [0.1, 0.15) is 11.9 Å². The van der Waals surface area contributed by atoms with E-state index in [1.54, 1.807) is 18.3 Å². The fraction of sp³-hybridized carbons (Fsp3) is 0.120. The van der Waals surface area contributed by atoms with Crippen molar-refractivity contribution in [2.45, 2.75) is 19.0 Å². The molecule has 0 spiro atoms. The van der Waals surface area contributed by atoms with Gasteiger partial charge in [-0.3, -0.25) is 4.98 Å². The van der Waals surface area contributed by atoms with Crippen LogP contribution in [0.3, 0.4) is 0 Å². The number of thiocarbonyl (C=S) groups is 1. The van der Waals surface area contributed by atoms with Crippen LogP contribution in [0.1, 0.15) is 29.0 Å². The summed E-state index contributed by atoms with van der Waals surface area (Å²) in [7, 11) is 0. The summed E-state index contributed by atoms with van der Waals surface area (Å²) < 4.78 is 17.0. The second-order valence-corrected chi connectivity index (χ2v) is 7.97. The van der Waals surface area contributed by atoms with E-state index in [0.29, 0.717) is 10.8 Å². The lowest BCUT2D eigenvalue weighted by Crippen LogP contribution is -2.31. The van der Waals surface area contributed by atoms with Crippen LogP contribution in [-0.4, -0.2) is 14.7 Å². The van der Waals surface area contributed by atoms with Gasteiger partial charge in [0.05, 0.1) is 17.4 Å². The number of para-hydroxylation sites is 1. The Labute approximate surface area is 186 Å². The first-order valence-corrected chi connectivity index (χ1v) is 10.5. The molecule has 2 atom stereocenters. The Balaban J connectivity index is 1.68. The summed E-state index contributed by atoms with van der Waals surface area (Å²) in [5, 5.41) is 3.86. The molecule has 2 aromatic heterocycles. The number of nitrogens with zero attached hydrogens (tertiary/aromatic N) is 3. The number of anilines is 1. The molecule has 5 rings (SSSR count). The van der Waals surface area contributed by atoms with Crippen LogP contribution >= 0.6 is 12.2 Å². The number of halogens is 1. The van der Waals surface area contributed by atoms with E-state index in [9.17, 15) is 4.39 Å². The Bertz CT molecular complexity index is 1220. The van der Waals surface area contributed by atoms with Crippen molar-refractivity contribution >= 4 is 23.0 Å². The highest BCUT2D eigenvalue weighted by atomic mass is 32.1. The molecule has 1 fully saturated rings. The van der Waals surface area contributed by atoms with Crippen molar-refractivity contribution in [3.05, 3.63) is 114 Å². The third-order valence-electron chi connectivity index (χ3n) is 5.61. The van der Waals surface area contributed by atoms with Gasteiger partial charge in [-0.25, -0.2) is 4.39 Å². The molecule has 1 aliphatic rings. The minimum absolute atomic E-state index is 0.229. The Morgan fingerprint density at radius 2 is 1.71 bits per heavy atom. The minimum Gasteiger partial charge on any atom is -0.351 e. The fourth-order valence-corrected chi connectivity index (χ4v) is 4.48. The Morgan fingerprint density at radius 1 is 0.935 bits per heavy atom. The van der Waals surface area contributed by atoms with Crippen molar-refractivity contribution in [2.24, 2.45) is 0 Å². The molecule has 4 nitrogen and oxygen atoms in total. The van der Waals surface area contributed by atoms with Gasteiger partial charge in [0.15, 0.2) is 5.11 Å². The molecule has 31 heavy (non-hydrogen) atoms. The molecule has 3 heterocycles. The Hall–Kier alpha value is -3.51. The van der Waals surface area contributed by atoms with Gasteiger partial charge in [0, 0.05) is 23.8 Å². The number of hydrogen-bond acceptors (Lipinski definition) is 2. The molecule has 0 aliphatic carbocycles. The van der Waals surface area contributed by atoms with Crippen molar-refractivity contribution in [3.63, 3.8) is 0 Å². The topological polar surface area (TPSA) is 33.1 Å². The highest BCUT2D eigenvalue weighted by Crippen LogP contribution is 2.42. The van der Waals surface area contributed by atoms with E-state index in [-0.39, 0.29) is 17.9 Å². The summed E-state index contributed by atoms with van der Waals surface area (Å²) in [4.78, 5) is 6.43. The van der Waals surface area contributed by atoms with Crippen LogP contribution in [0.4, 0.5) is 10.1 Å². The normalized spacial score (nSPS) is 18.3. The summed E-state index contributed by atoms with van der Waals surface area (Å²) in [6.45, 7) is 2.07. The predicted molar refractivity (Wildman–Crippen MR) is 125 cm³/mol. The average Bonchev–Trinajstić information content (AvgIpc) is 3.40. The highest BCUT2D eigenvalue weighted by molar-refractivity contribution is 7.80.